The Morgan fingerprint density at radius 3 is 2.67 bits per heavy atom. The number of nitrogens with zero attached hydrogens (tertiary/aromatic N) is 4. The third-order valence-electron chi connectivity index (χ3n) is 5.77. The van der Waals surface area contributed by atoms with Crippen molar-refractivity contribution in [2.24, 2.45) is 5.10 Å². The SMILES string of the molecule is CCc1nc2ccc(Br)cc2c(=O)n1N=Cc1cn(CC(=O)Nc2ccc(Cl)cc2)c2ccccc12. The number of fused-ring (bicyclic) bond motifs is 2. The number of benzene rings is 3. The third kappa shape index (κ3) is 4.82. The Morgan fingerprint density at radius 2 is 1.89 bits per heavy atom. The van der Waals surface area contributed by atoms with E-state index >= 15 is 0 Å². The molecule has 2 aromatic heterocycles. The van der Waals surface area contributed by atoms with Crippen molar-refractivity contribution < 1.29 is 4.79 Å². The van der Waals surface area contributed by atoms with Crippen LogP contribution in [0.1, 0.15) is 18.3 Å². The van der Waals surface area contributed by atoms with Gasteiger partial charge in [-0.3, -0.25) is 9.59 Å². The number of para-hydroxylation sites is 1. The molecule has 0 saturated heterocycles. The van der Waals surface area contributed by atoms with Gasteiger partial charge in [0, 0.05) is 44.3 Å². The molecule has 0 fully saturated rings. The molecule has 0 aliphatic heterocycles. The molecule has 0 spiro atoms. The van der Waals surface area contributed by atoms with E-state index in [9.17, 15) is 9.59 Å². The monoisotopic (exact) mass is 561 g/mol. The molecule has 1 N–H and O–H groups in total. The van der Waals surface area contributed by atoms with Crippen LogP contribution in [0.4, 0.5) is 5.69 Å². The lowest BCUT2D eigenvalue weighted by atomic mass is 10.2. The summed E-state index contributed by atoms with van der Waals surface area (Å²) in [7, 11) is 0. The van der Waals surface area contributed by atoms with Crippen molar-refractivity contribution in [2.45, 2.75) is 19.9 Å². The maximum atomic E-state index is 13.2. The molecule has 2 heterocycles. The van der Waals surface area contributed by atoms with Crippen molar-refractivity contribution >= 4 is 67.1 Å². The number of hydrogen-bond acceptors (Lipinski definition) is 4. The van der Waals surface area contributed by atoms with E-state index in [2.05, 4.69) is 31.3 Å². The second-order valence-corrected chi connectivity index (χ2v) is 9.54. The molecule has 0 saturated carbocycles. The summed E-state index contributed by atoms with van der Waals surface area (Å²) in [5.74, 6) is 0.396. The molecular weight excluding hydrogens is 542 g/mol. The second-order valence-electron chi connectivity index (χ2n) is 8.19. The van der Waals surface area contributed by atoms with Crippen molar-refractivity contribution in [3.05, 3.63) is 104 Å². The largest absolute Gasteiger partial charge is 0.337 e. The lowest BCUT2D eigenvalue weighted by molar-refractivity contribution is -0.116. The number of carbonyl (C=O) groups excluding carboxylic acids is 1. The standard InChI is InChI=1S/C27H21BrClN5O2/c1-2-25-32-23-12-7-18(28)13-22(23)27(36)34(25)30-14-17-15-33(24-6-4-3-5-21(17)24)16-26(35)31-20-10-8-19(29)9-11-20/h3-15H,2,16H2,1H3,(H,31,35). The minimum Gasteiger partial charge on any atom is -0.337 e. The van der Waals surface area contributed by atoms with Gasteiger partial charge in [0.2, 0.25) is 5.91 Å². The molecule has 5 aromatic rings. The number of amides is 1. The molecule has 180 valence electrons. The van der Waals surface area contributed by atoms with Crippen LogP contribution in [0.15, 0.2) is 87.3 Å². The lowest BCUT2D eigenvalue weighted by Crippen LogP contribution is -2.22. The number of hydrogen-bond donors (Lipinski definition) is 1. The van der Waals surface area contributed by atoms with Crippen LogP contribution in [-0.4, -0.2) is 26.3 Å². The molecule has 7 nitrogen and oxygen atoms in total. The number of anilines is 1. The molecule has 1 amide bonds. The fraction of sp³-hybridized carbons (Fsp3) is 0.111. The van der Waals surface area contributed by atoms with E-state index < -0.39 is 0 Å². The minimum absolute atomic E-state index is 0.114. The summed E-state index contributed by atoms with van der Waals surface area (Å²) in [6.45, 7) is 2.05. The van der Waals surface area contributed by atoms with Gasteiger partial charge in [0.15, 0.2) is 0 Å². The summed E-state index contributed by atoms with van der Waals surface area (Å²) in [6, 6.07) is 20.1. The lowest BCUT2D eigenvalue weighted by Gasteiger charge is -2.07. The van der Waals surface area contributed by atoms with Crippen LogP contribution in [0.25, 0.3) is 21.8 Å². The highest BCUT2D eigenvalue weighted by molar-refractivity contribution is 9.10. The highest BCUT2D eigenvalue weighted by atomic mass is 79.9. The first-order valence-electron chi connectivity index (χ1n) is 11.3. The maximum absolute atomic E-state index is 13.2. The molecule has 5 rings (SSSR count). The Hall–Kier alpha value is -3.75. The van der Waals surface area contributed by atoms with Gasteiger partial charge < -0.3 is 9.88 Å². The predicted octanol–water partition coefficient (Wildman–Crippen LogP) is 5.85. The first-order valence-corrected chi connectivity index (χ1v) is 12.5. The Kier molecular flexibility index (Phi) is 6.71. The smallest absolute Gasteiger partial charge is 0.282 e. The maximum Gasteiger partial charge on any atom is 0.282 e. The molecular formula is C27H21BrClN5O2. The molecule has 3 aromatic carbocycles. The van der Waals surface area contributed by atoms with Gasteiger partial charge >= 0.3 is 0 Å². The molecule has 9 heteroatoms. The van der Waals surface area contributed by atoms with Crippen molar-refractivity contribution in [3.8, 4) is 0 Å². The first-order chi connectivity index (χ1) is 17.4. The normalized spacial score (nSPS) is 11.5. The number of nitrogens with one attached hydrogen (secondary N) is 1. The van der Waals surface area contributed by atoms with Gasteiger partial charge in [0.25, 0.3) is 5.56 Å². The number of halogens is 2. The fourth-order valence-electron chi connectivity index (χ4n) is 4.06. The predicted molar refractivity (Wildman–Crippen MR) is 148 cm³/mol. The average Bonchev–Trinajstić information content (AvgIpc) is 3.22. The highest BCUT2D eigenvalue weighted by Gasteiger charge is 2.12. The fourth-order valence-corrected chi connectivity index (χ4v) is 4.55. The van der Waals surface area contributed by atoms with Gasteiger partial charge in [-0.15, -0.1) is 0 Å². The highest BCUT2D eigenvalue weighted by Crippen LogP contribution is 2.21. The summed E-state index contributed by atoms with van der Waals surface area (Å²) in [6.07, 6.45) is 4.05. The topological polar surface area (TPSA) is 81.3 Å². The number of carbonyl (C=O) groups is 1. The molecule has 36 heavy (non-hydrogen) atoms. The number of aromatic nitrogens is 3. The molecule has 0 radical (unpaired) electrons. The van der Waals surface area contributed by atoms with Crippen LogP contribution in [0.3, 0.4) is 0 Å². The summed E-state index contributed by atoms with van der Waals surface area (Å²) in [5.41, 5.74) is 2.74. The van der Waals surface area contributed by atoms with Crippen molar-refractivity contribution in [2.75, 3.05) is 5.32 Å². The Balaban J connectivity index is 1.49. The first kappa shape index (κ1) is 24.0. The molecule has 0 unspecified atom stereocenters. The van der Waals surface area contributed by atoms with E-state index in [1.807, 2.05) is 54.1 Å². The molecule has 0 bridgehead atoms. The van der Waals surface area contributed by atoms with Gasteiger partial charge in [-0.25, -0.2) is 4.98 Å². The zero-order valence-corrected chi connectivity index (χ0v) is 21.6. The van der Waals surface area contributed by atoms with E-state index in [1.165, 1.54) is 4.68 Å². The molecule has 0 aliphatic carbocycles. The Labute approximate surface area is 220 Å². The van der Waals surface area contributed by atoms with Crippen LogP contribution in [0.2, 0.25) is 5.02 Å². The summed E-state index contributed by atoms with van der Waals surface area (Å²) >= 11 is 9.35. The van der Waals surface area contributed by atoms with Gasteiger partial charge in [-0.1, -0.05) is 52.7 Å². The van der Waals surface area contributed by atoms with Crippen molar-refractivity contribution in [3.63, 3.8) is 0 Å². The summed E-state index contributed by atoms with van der Waals surface area (Å²) in [4.78, 5) is 30.6. The molecule has 0 atom stereocenters. The van der Waals surface area contributed by atoms with E-state index in [-0.39, 0.29) is 18.0 Å². The Morgan fingerprint density at radius 1 is 1.11 bits per heavy atom. The summed E-state index contributed by atoms with van der Waals surface area (Å²) in [5, 5.41) is 9.41. The van der Waals surface area contributed by atoms with Crippen LogP contribution < -0.4 is 10.9 Å². The zero-order valence-electron chi connectivity index (χ0n) is 19.3. The van der Waals surface area contributed by atoms with Crippen molar-refractivity contribution in [1.82, 2.24) is 14.2 Å². The van der Waals surface area contributed by atoms with E-state index in [4.69, 9.17) is 11.6 Å². The van der Waals surface area contributed by atoms with Gasteiger partial charge in [-0.2, -0.15) is 9.78 Å². The van der Waals surface area contributed by atoms with Crippen LogP contribution >= 0.6 is 27.5 Å². The minimum atomic E-state index is -0.236. The third-order valence-corrected chi connectivity index (χ3v) is 6.51. The summed E-state index contributed by atoms with van der Waals surface area (Å²) < 4.78 is 4.00. The van der Waals surface area contributed by atoms with E-state index in [0.717, 1.165) is 20.9 Å². The zero-order chi connectivity index (χ0) is 25.2. The van der Waals surface area contributed by atoms with Gasteiger partial charge in [-0.05, 0) is 48.5 Å². The van der Waals surface area contributed by atoms with Gasteiger partial charge in [0.1, 0.15) is 12.4 Å². The van der Waals surface area contributed by atoms with Crippen molar-refractivity contribution in [1.29, 1.82) is 0 Å². The van der Waals surface area contributed by atoms with Gasteiger partial charge in [0.05, 0.1) is 17.1 Å². The van der Waals surface area contributed by atoms with E-state index in [0.29, 0.717) is 33.9 Å². The second kappa shape index (κ2) is 10.1. The van der Waals surface area contributed by atoms with E-state index in [1.54, 1.807) is 36.5 Å². The quantitative estimate of drug-likeness (QED) is 0.264. The van der Waals surface area contributed by atoms with Crippen LogP contribution in [0.5, 0.6) is 0 Å². The number of rotatable bonds is 6. The van der Waals surface area contributed by atoms with Crippen LogP contribution in [-0.2, 0) is 17.8 Å². The Bertz CT molecular complexity index is 1690. The molecule has 0 aliphatic rings. The average molecular weight is 563 g/mol. The van der Waals surface area contributed by atoms with Crippen LogP contribution in [0, 0.1) is 0 Å². The number of aryl methyl sites for hydroxylation is 1.